The van der Waals surface area contributed by atoms with E-state index in [1.54, 1.807) is 0 Å². The van der Waals surface area contributed by atoms with Crippen molar-refractivity contribution in [2.45, 2.75) is 187 Å². The molecular formula is C33H62O4. The minimum atomic E-state index is -0.773. The predicted molar refractivity (Wildman–Crippen MR) is 158 cm³/mol. The Kier molecular flexibility index (Phi) is 28.2. The lowest BCUT2D eigenvalue weighted by Crippen LogP contribution is -2.18. The summed E-state index contributed by atoms with van der Waals surface area (Å²) in [6, 6.07) is 0. The Morgan fingerprint density at radius 1 is 0.568 bits per heavy atom. The summed E-state index contributed by atoms with van der Waals surface area (Å²) in [4.78, 5) is 23.2. The number of hydrogen-bond donors (Lipinski definition) is 1. The van der Waals surface area contributed by atoms with Gasteiger partial charge in [0.25, 0.3) is 0 Å². The average molecular weight is 523 g/mol. The molecule has 0 aliphatic rings. The lowest BCUT2D eigenvalue weighted by atomic mass is 10.0. The Hall–Kier alpha value is -1.32. The SMILES string of the molecule is CCCCCCCC/C=C\CCCCCCCC(=O)OC(CCCCCCCCCC)CCCC(=O)O. The smallest absolute Gasteiger partial charge is 0.306 e. The van der Waals surface area contributed by atoms with Gasteiger partial charge in [0.1, 0.15) is 6.10 Å². The van der Waals surface area contributed by atoms with E-state index >= 15 is 0 Å². The zero-order chi connectivity index (χ0) is 27.2. The predicted octanol–water partition coefficient (Wildman–Crippen LogP) is 10.7. The van der Waals surface area contributed by atoms with Gasteiger partial charge in [-0.05, 0) is 57.8 Å². The molecule has 0 aromatic carbocycles. The number of esters is 1. The van der Waals surface area contributed by atoms with Crippen molar-refractivity contribution in [3.05, 3.63) is 12.2 Å². The topological polar surface area (TPSA) is 63.6 Å². The van der Waals surface area contributed by atoms with Crippen LogP contribution in [0.4, 0.5) is 0 Å². The molecule has 4 heteroatoms. The molecule has 0 fully saturated rings. The van der Waals surface area contributed by atoms with E-state index in [9.17, 15) is 9.59 Å². The molecule has 1 atom stereocenters. The Labute approximate surface area is 230 Å². The molecule has 0 aromatic heterocycles. The van der Waals surface area contributed by atoms with E-state index in [2.05, 4.69) is 26.0 Å². The highest BCUT2D eigenvalue weighted by atomic mass is 16.5. The zero-order valence-corrected chi connectivity index (χ0v) is 24.8. The molecular weight excluding hydrogens is 460 g/mol. The third-order valence-corrected chi connectivity index (χ3v) is 7.24. The first-order chi connectivity index (χ1) is 18.1. The van der Waals surface area contributed by atoms with Crippen LogP contribution in [0.2, 0.25) is 0 Å². The lowest BCUT2D eigenvalue weighted by molar-refractivity contribution is -0.150. The summed E-state index contributed by atoms with van der Waals surface area (Å²) in [6.07, 6.45) is 33.6. The Morgan fingerprint density at radius 3 is 1.51 bits per heavy atom. The first-order valence-electron chi connectivity index (χ1n) is 16.2. The number of carbonyl (C=O) groups is 2. The van der Waals surface area contributed by atoms with Crippen LogP contribution < -0.4 is 0 Å². The molecule has 0 aliphatic heterocycles. The second-order valence-corrected chi connectivity index (χ2v) is 11.0. The number of carboxylic acids is 1. The number of ether oxygens (including phenoxy) is 1. The van der Waals surface area contributed by atoms with Crippen molar-refractivity contribution in [2.24, 2.45) is 0 Å². The first-order valence-corrected chi connectivity index (χ1v) is 16.2. The van der Waals surface area contributed by atoms with Crippen molar-refractivity contribution in [3.63, 3.8) is 0 Å². The molecule has 1 N–H and O–H groups in total. The highest BCUT2D eigenvalue weighted by Gasteiger charge is 2.15. The van der Waals surface area contributed by atoms with Crippen molar-refractivity contribution in [1.29, 1.82) is 0 Å². The van der Waals surface area contributed by atoms with E-state index in [1.807, 2.05) is 0 Å². The van der Waals surface area contributed by atoms with Gasteiger partial charge in [0.2, 0.25) is 0 Å². The van der Waals surface area contributed by atoms with Gasteiger partial charge >= 0.3 is 11.9 Å². The lowest BCUT2D eigenvalue weighted by Gasteiger charge is -2.18. The van der Waals surface area contributed by atoms with Crippen molar-refractivity contribution in [1.82, 2.24) is 0 Å². The van der Waals surface area contributed by atoms with Gasteiger partial charge in [0.05, 0.1) is 0 Å². The van der Waals surface area contributed by atoms with E-state index in [0.29, 0.717) is 19.3 Å². The largest absolute Gasteiger partial charge is 0.481 e. The van der Waals surface area contributed by atoms with Gasteiger partial charge in [0.15, 0.2) is 0 Å². The summed E-state index contributed by atoms with van der Waals surface area (Å²) in [7, 11) is 0. The number of hydrogen-bond acceptors (Lipinski definition) is 3. The highest BCUT2D eigenvalue weighted by Crippen LogP contribution is 2.17. The molecule has 0 amide bonds. The van der Waals surface area contributed by atoms with Crippen LogP contribution >= 0.6 is 0 Å². The number of carbonyl (C=O) groups excluding carboxylic acids is 1. The summed E-state index contributed by atoms with van der Waals surface area (Å²) < 4.78 is 5.77. The van der Waals surface area contributed by atoms with Crippen molar-refractivity contribution in [2.75, 3.05) is 0 Å². The number of unbranched alkanes of at least 4 members (excludes halogenated alkanes) is 18. The summed E-state index contributed by atoms with van der Waals surface area (Å²) >= 11 is 0. The maximum atomic E-state index is 12.4. The average Bonchev–Trinajstić information content (AvgIpc) is 2.87. The van der Waals surface area contributed by atoms with E-state index in [0.717, 1.165) is 25.7 Å². The van der Waals surface area contributed by atoms with Crippen LogP contribution in [0.25, 0.3) is 0 Å². The summed E-state index contributed by atoms with van der Waals surface area (Å²) in [5.74, 6) is -0.872. The number of aliphatic carboxylic acids is 1. The van der Waals surface area contributed by atoms with Crippen LogP contribution in [0, 0.1) is 0 Å². The van der Waals surface area contributed by atoms with E-state index in [-0.39, 0.29) is 18.5 Å². The quantitative estimate of drug-likeness (QED) is 0.0602. The summed E-state index contributed by atoms with van der Waals surface area (Å²) in [5.41, 5.74) is 0. The van der Waals surface area contributed by atoms with Gasteiger partial charge in [-0.3, -0.25) is 9.59 Å². The summed E-state index contributed by atoms with van der Waals surface area (Å²) in [5, 5.41) is 8.93. The molecule has 0 saturated heterocycles. The Morgan fingerprint density at radius 2 is 1.00 bits per heavy atom. The molecule has 1 unspecified atom stereocenters. The maximum absolute atomic E-state index is 12.4. The third-order valence-electron chi connectivity index (χ3n) is 7.24. The van der Waals surface area contributed by atoms with Crippen LogP contribution in [0.1, 0.15) is 181 Å². The molecule has 218 valence electrons. The number of carboxylic acid groups (broad SMARTS) is 1. The molecule has 0 spiro atoms. The monoisotopic (exact) mass is 522 g/mol. The second-order valence-electron chi connectivity index (χ2n) is 11.0. The fraction of sp³-hybridized carbons (Fsp3) is 0.879. The fourth-order valence-corrected chi connectivity index (χ4v) is 4.83. The highest BCUT2D eigenvalue weighted by molar-refractivity contribution is 5.69. The second kappa shape index (κ2) is 29.2. The minimum Gasteiger partial charge on any atom is -0.481 e. The summed E-state index contributed by atoms with van der Waals surface area (Å²) in [6.45, 7) is 4.50. The number of allylic oxidation sites excluding steroid dienone is 2. The molecule has 4 nitrogen and oxygen atoms in total. The first kappa shape index (κ1) is 35.7. The molecule has 37 heavy (non-hydrogen) atoms. The molecule has 0 saturated carbocycles. The Balaban J connectivity index is 3.82. The maximum Gasteiger partial charge on any atom is 0.306 e. The van der Waals surface area contributed by atoms with Crippen molar-refractivity contribution >= 4 is 11.9 Å². The standard InChI is InChI=1S/C33H62O4/c1-3-5-7-9-11-13-14-15-16-17-18-19-21-23-25-30-33(36)37-31(28-26-29-32(34)35)27-24-22-20-12-10-8-6-4-2/h15-16,31H,3-14,17-30H2,1-2H3,(H,34,35)/b16-15-. The van der Waals surface area contributed by atoms with E-state index in [4.69, 9.17) is 9.84 Å². The molecule has 0 radical (unpaired) electrons. The van der Waals surface area contributed by atoms with Gasteiger partial charge < -0.3 is 9.84 Å². The molecule has 0 aliphatic carbocycles. The minimum absolute atomic E-state index is 0.0995. The van der Waals surface area contributed by atoms with Crippen molar-refractivity contribution < 1.29 is 19.4 Å². The van der Waals surface area contributed by atoms with Gasteiger partial charge in [-0.1, -0.05) is 122 Å². The van der Waals surface area contributed by atoms with Crippen LogP contribution in [-0.4, -0.2) is 23.1 Å². The van der Waals surface area contributed by atoms with Crippen LogP contribution in [-0.2, 0) is 14.3 Å². The molecule has 0 aromatic rings. The molecule has 0 rings (SSSR count). The van der Waals surface area contributed by atoms with Gasteiger partial charge in [-0.15, -0.1) is 0 Å². The molecule has 0 heterocycles. The number of rotatable bonds is 29. The van der Waals surface area contributed by atoms with Gasteiger partial charge in [0, 0.05) is 12.8 Å². The van der Waals surface area contributed by atoms with Crippen LogP contribution in [0.5, 0.6) is 0 Å². The van der Waals surface area contributed by atoms with Crippen molar-refractivity contribution in [3.8, 4) is 0 Å². The van der Waals surface area contributed by atoms with Gasteiger partial charge in [-0.2, -0.15) is 0 Å². The van der Waals surface area contributed by atoms with Crippen LogP contribution in [0.3, 0.4) is 0 Å². The van der Waals surface area contributed by atoms with E-state index < -0.39 is 5.97 Å². The van der Waals surface area contributed by atoms with Crippen LogP contribution in [0.15, 0.2) is 12.2 Å². The zero-order valence-electron chi connectivity index (χ0n) is 24.8. The third kappa shape index (κ3) is 29.1. The molecule has 0 bridgehead atoms. The van der Waals surface area contributed by atoms with Gasteiger partial charge in [-0.25, -0.2) is 0 Å². The normalized spacial score (nSPS) is 12.3. The Bertz CT molecular complexity index is 528. The van der Waals surface area contributed by atoms with E-state index in [1.165, 1.54) is 116 Å². The fourth-order valence-electron chi connectivity index (χ4n) is 4.83.